The van der Waals surface area contributed by atoms with Crippen LogP contribution in [0, 0.1) is 17.8 Å². The maximum absolute atomic E-state index is 14.4. The smallest absolute Gasteiger partial charge is 0.245 e. The van der Waals surface area contributed by atoms with Crippen LogP contribution < -0.4 is 87.2 Å². The zero-order valence-electron chi connectivity index (χ0n) is 49.4. The highest BCUT2D eigenvalue weighted by molar-refractivity contribution is 5.99. The van der Waals surface area contributed by atoms with Gasteiger partial charge in [0.15, 0.2) is 0 Å². The minimum atomic E-state index is -1.69. The lowest BCUT2D eigenvalue weighted by molar-refractivity contribution is -0.137. The molecule has 1 fully saturated rings. The summed E-state index contributed by atoms with van der Waals surface area (Å²) in [6.07, 6.45) is -0.760. The number of nitrogens with two attached hydrogens (primary N) is 5. The Morgan fingerprint density at radius 3 is 1.39 bits per heavy atom. The van der Waals surface area contributed by atoms with Gasteiger partial charge < -0.3 is 97.4 Å². The van der Waals surface area contributed by atoms with Crippen LogP contribution in [0.2, 0.25) is 0 Å². The van der Waals surface area contributed by atoms with Crippen LogP contribution in [0.4, 0.5) is 0 Å². The van der Waals surface area contributed by atoms with Gasteiger partial charge in [0, 0.05) is 13.0 Å². The molecule has 0 bridgehead atoms. The molecule has 0 aromatic rings. The first-order valence-electron chi connectivity index (χ1n) is 28.8. The Kier molecular flexibility index (Phi) is 35.5. The number of hydrogen-bond donors (Lipinski definition) is 18. The van der Waals surface area contributed by atoms with Crippen LogP contribution in [0.25, 0.3) is 0 Å². The van der Waals surface area contributed by atoms with E-state index in [1.165, 1.54) is 13.8 Å². The van der Waals surface area contributed by atoms with Gasteiger partial charge in [-0.2, -0.15) is 0 Å². The zero-order chi connectivity index (χ0) is 62.2. The average molecular weight is 1170 g/mol. The van der Waals surface area contributed by atoms with Crippen molar-refractivity contribution >= 4 is 65.0 Å². The summed E-state index contributed by atoms with van der Waals surface area (Å²) in [5.41, 5.74) is 29.2. The summed E-state index contributed by atoms with van der Waals surface area (Å²) in [6, 6.07) is -14.5. The van der Waals surface area contributed by atoms with Crippen molar-refractivity contribution in [3.8, 4) is 0 Å². The standard InChI is InChI=1S/C53H100N16O13/c1-9-30(6)12-10-11-13-41(72)60-33(14-20-54)48(77)69-43(32(8)71)53(82)65-36(17-23-57)45(74)64-38-19-25-59-52(81)42(31(7)70)68-49(78)37(18-24-58)62-44(73)34(15-21-55)63-50(79)39(26-28(2)3)67-51(80)40(27-29(4)5)66-46(75)35(16-22-56)61-47(38)76/h28-40,42-43,70-71H,9-27,54-58H2,1-8H3,(H,59,81)(H,60,72)(H,61,76)(H,62,73)(H,63,79)(H,64,74)(H,65,82)(H,66,75)(H,67,80)(H,68,78)(H,69,77)/t30-,31?,32?,33-,34-,35-,36-,37-,38-,39-,40+,42-,43-/m0/s1. The summed E-state index contributed by atoms with van der Waals surface area (Å²) in [5.74, 6) is -9.49. The Labute approximate surface area is 482 Å². The van der Waals surface area contributed by atoms with Crippen LogP contribution in [0.3, 0.4) is 0 Å². The lowest BCUT2D eigenvalue weighted by Gasteiger charge is -2.29. The van der Waals surface area contributed by atoms with Gasteiger partial charge >= 0.3 is 0 Å². The molecule has 29 nitrogen and oxygen atoms in total. The Balaban J connectivity index is 3.81. The quantitative estimate of drug-likeness (QED) is 0.0311. The second-order valence-electron chi connectivity index (χ2n) is 22.0. The van der Waals surface area contributed by atoms with Crippen molar-refractivity contribution < 1.29 is 63.0 Å². The number of rotatable bonds is 29. The summed E-state index contributed by atoms with van der Waals surface area (Å²) in [4.78, 5) is 153. The third-order valence-corrected chi connectivity index (χ3v) is 13.7. The van der Waals surface area contributed by atoms with Crippen molar-refractivity contribution in [1.29, 1.82) is 0 Å². The van der Waals surface area contributed by atoms with E-state index in [1.807, 2.05) is 0 Å². The highest BCUT2D eigenvalue weighted by Crippen LogP contribution is 2.14. The lowest BCUT2D eigenvalue weighted by Crippen LogP contribution is -2.62. The van der Waals surface area contributed by atoms with Gasteiger partial charge in [0.2, 0.25) is 65.0 Å². The molecule has 0 radical (unpaired) electrons. The first kappa shape index (κ1) is 73.9. The highest BCUT2D eigenvalue weighted by atomic mass is 16.3. The largest absolute Gasteiger partial charge is 0.391 e. The molecular formula is C53H100N16O13. The molecule has 23 N–H and O–H groups in total. The third-order valence-electron chi connectivity index (χ3n) is 13.7. The maximum atomic E-state index is 14.4. The minimum absolute atomic E-state index is 0.0131. The van der Waals surface area contributed by atoms with Gasteiger partial charge in [0.05, 0.1) is 12.2 Å². The summed E-state index contributed by atoms with van der Waals surface area (Å²) in [7, 11) is 0. The van der Waals surface area contributed by atoms with E-state index in [0.29, 0.717) is 12.3 Å². The van der Waals surface area contributed by atoms with Gasteiger partial charge in [0.25, 0.3) is 0 Å². The van der Waals surface area contributed by atoms with E-state index in [4.69, 9.17) is 28.7 Å². The molecule has 0 saturated carbocycles. The molecule has 1 rings (SSSR count). The van der Waals surface area contributed by atoms with Gasteiger partial charge in [-0.3, -0.25) is 52.7 Å². The first-order chi connectivity index (χ1) is 38.7. The molecule has 0 spiro atoms. The molecular weight excluding hydrogens is 1070 g/mol. The van der Waals surface area contributed by atoms with Crippen molar-refractivity contribution in [1.82, 2.24) is 58.5 Å². The Morgan fingerprint density at radius 1 is 0.524 bits per heavy atom. The van der Waals surface area contributed by atoms with E-state index in [1.54, 1.807) is 27.7 Å². The fraction of sp³-hybridized carbons (Fsp3) is 0.792. The summed E-state index contributed by atoms with van der Waals surface area (Å²) in [5, 5.41) is 49.5. The summed E-state index contributed by atoms with van der Waals surface area (Å²) < 4.78 is 0. The molecule has 0 aliphatic carbocycles. The normalized spacial score (nSPS) is 23.4. The lowest BCUT2D eigenvalue weighted by atomic mass is 9.99. The summed E-state index contributed by atoms with van der Waals surface area (Å²) in [6.45, 7) is 12.6. The predicted octanol–water partition coefficient (Wildman–Crippen LogP) is -5.44. The van der Waals surface area contributed by atoms with Crippen molar-refractivity contribution in [2.24, 2.45) is 46.4 Å². The number of aliphatic hydroxyl groups excluding tert-OH is 2. The Morgan fingerprint density at radius 2 is 0.963 bits per heavy atom. The number of amides is 11. The molecule has 1 saturated heterocycles. The van der Waals surface area contributed by atoms with Crippen molar-refractivity contribution in [2.75, 3.05) is 39.3 Å². The second kappa shape index (κ2) is 39.4. The van der Waals surface area contributed by atoms with E-state index >= 15 is 0 Å². The minimum Gasteiger partial charge on any atom is -0.391 e. The van der Waals surface area contributed by atoms with E-state index in [-0.39, 0.29) is 95.9 Å². The highest BCUT2D eigenvalue weighted by Gasteiger charge is 2.37. The van der Waals surface area contributed by atoms with E-state index in [9.17, 15) is 63.0 Å². The maximum Gasteiger partial charge on any atom is 0.245 e. The molecule has 29 heteroatoms. The van der Waals surface area contributed by atoms with Crippen molar-refractivity contribution in [2.45, 2.75) is 211 Å². The average Bonchev–Trinajstić information content (AvgIpc) is 3.41. The van der Waals surface area contributed by atoms with Crippen LogP contribution in [0.1, 0.15) is 139 Å². The number of hydrogen-bond acceptors (Lipinski definition) is 18. The Hall–Kier alpha value is -6.11. The van der Waals surface area contributed by atoms with Crippen LogP contribution >= 0.6 is 0 Å². The topological polar surface area (TPSA) is 491 Å². The van der Waals surface area contributed by atoms with E-state index < -0.39 is 151 Å². The van der Waals surface area contributed by atoms with Gasteiger partial charge in [-0.05, 0) is 122 Å². The first-order valence-corrected chi connectivity index (χ1v) is 28.8. The fourth-order valence-electron chi connectivity index (χ4n) is 8.76. The van der Waals surface area contributed by atoms with Crippen molar-refractivity contribution in [3.63, 3.8) is 0 Å². The molecule has 0 aromatic carbocycles. The predicted molar refractivity (Wildman–Crippen MR) is 305 cm³/mol. The van der Waals surface area contributed by atoms with Gasteiger partial charge in [-0.15, -0.1) is 0 Å². The van der Waals surface area contributed by atoms with Gasteiger partial charge in [0.1, 0.15) is 60.4 Å². The molecule has 1 aliphatic rings. The van der Waals surface area contributed by atoms with Gasteiger partial charge in [-0.1, -0.05) is 60.8 Å². The number of aliphatic hydroxyl groups is 2. The van der Waals surface area contributed by atoms with Gasteiger partial charge in [-0.25, -0.2) is 0 Å². The van der Waals surface area contributed by atoms with Crippen LogP contribution in [-0.2, 0) is 52.7 Å². The van der Waals surface area contributed by atoms with E-state index in [0.717, 1.165) is 19.3 Å². The third kappa shape index (κ3) is 27.3. The fourth-order valence-corrected chi connectivity index (χ4v) is 8.76. The Bertz CT molecular complexity index is 2070. The molecule has 1 aliphatic heterocycles. The summed E-state index contributed by atoms with van der Waals surface area (Å²) >= 11 is 0. The molecule has 2 unspecified atom stereocenters. The monoisotopic (exact) mass is 1170 g/mol. The molecule has 11 amide bonds. The number of unbranched alkanes of at least 4 members (excludes halogenated alkanes) is 1. The number of nitrogens with one attached hydrogen (secondary N) is 11. The zero-order valence-corrected chi connectivity index (χ0v) is 49.4. The van der Waals surface area contributed by atoms with Crippen molar-refractivity contribution in [3.05, 3.63) is 0 Å². The molecule has 1 heterocycles. The molecule has 82 heavy (non-hydrogen) atoms. The van der Waals surface area contributed by atoms with Crippen LogP contribution in [0.5, 0.6) is 0 Å². The number of carbonyl (C=O) groups is 11. The van der Waals surface area contributed by atoms with E-state index in [2.05, 4.69) is 72.3 Å². The SMILES string of the molecule is CC[C@H](C)CCCCC(=O)N[C@@H](CCN)C(=O)N[C@H](C(=O)N[C@@H](CCN)C(=O)N[C@H]1CCNC(=O)[C@H](C(C)O)NC(=O)[C@H](CCN)NC(=O)[C@H](CCN)NC(=O)[C@H](CC(C)C)NC(=O)[C@@H](CC(C)C)NC(=O)[C@H](CCN)NC1=O)C(C)O. The number of carbonyl (C=O) groups excluding carboxylic acids is 11. The molecule has 13 atom stereocenters. The van der Waals surface area contributed by atoms with Crippen LogP contribution in [0.15, 0.2) is 0 Å². The second-order valence-corrected chi connectivity index (χ2v) is 22.0. The molecule has 0 aromatic heterocycles. The molecule has 470 valence electrons. The van der Waals surface area contributed by atoms with Crippen LogP contribution in [-0.4, -0.2) is 187 Å².